The molecular weight excluding hydrogens is 281 g/mol. The minimum atomic E-state index is 0.351. The summed E-state index contributed by atoms with van der Waals surface area (Å²) in [5.74, 6) is 0.614. The number of rotatable bonds is 3. The Hall–Kier alpha value is -1.03. The predicted octanol–water partition coefficient (Wildman–Crippen LogP) is 4.05. The van der Waals surface area contributed by atoms with Gasteiger partial charge >= 0.3 is 0 Å². The van der Waals surface area contributed by atoms with Gasteiger partial charge in [0, 0.05) is 6.54 Å². The second kappa shape index (κ2) is 5.54. The average Bonchev–Trinajstić information content (AvgIpc) is 2.31. The smallest absolute Gasteiger partial charge is 0.149 e. The fourth-order valence-electron chi connectivity index (χ4n) is 1.27. The van der Waals surface area contributed by atoms with E-state index >= 15 is 0 Å². The van der Waals surface area contributed by atoms with Gasteiger partial charge in [-0.2, -0.15) is 0 Å². The number of aromatic nitrogens is 2. The van der Waals surface area contributed by atoms with Crippen LogP contribution >= 0.6 is 34.8 Å². The monoisotopic (exact) mass is 287 g/mol. The van der Waals surface area contributed by atoms with E-state index in [1.165, 1.54) is 6.20 Å². The summed E-state index contributed by atoms with van der Waals surface area (Å²) in [5.41, 5.74) is 1.00. The molecule has 1 aromatic heterocycles. The average molecular weight is 289 g/mol. The molecule has 0 radical (unpaired) electrons. The van der Waals surface area contributed by atoms with Crippen LogP contribution in [0.15, 0.2) is 30.6 Å². The Kier molecular flexibility index (Phi) is 4.05. The van der Waals surface area contributed by atoms with E-state index in [1.807, 2.05) is 6.07 Å². The third kappa shape index (κ3) is 3.46. The maximum atomic E-state index is 5.91. The minimum Gasteiger partial charge on any atom is -0.365 e. The summed E-state index contributed by atoms with van der Waals surface area (Å²) in [5, 5.41) is 4.51. The quantitative estimate of drug-likeness (QED) is 0.926. The molecule has 0 fully saturated rings. The van der Waals surface area contributed by atoms with Gasteiger partial charge in [-0.25, -0.2) is 4.98 Å². The van der Waals surface area contributed by atoms with E-state index in [0.29, 0.717) is 27.6 Å². The summed E-state index contributed by atoms with van der Waals surface area (Å²) in [6, 6.07) is 5.44. The molecule has 6 heteroatoms. The van der Waals surface area contributed by atoms with Gasteiger partial charge in [0.2, 0.25) is 0 Å². The van der Waals surface area contributed by atoms with E-state index in [-0.39, 0.29) is 0 Å². The zero-order chi connectivity index (χ0) is 12.3. The fourth-order valence-corrected chi connectivity index (χ4v) is 1.74. The van der Waals surface area contributed by atoms with Crippen LogP contribution in [0.1, 0.15) is 5.56 Å². The Balaban J connectivity index is 2.05. The number of benzene rings is 1. The summed E-state index contributed by atoms with van der Waals surface area (Å²) in [6.07, 6.45) is 3.08. The van der Waals surface area contributed by atoms with Gasteiger partial charge in [0.15, 0.2) is 0 Å². The molecule has 2 rings (SSSR count). The van der Waals surface area contributed by atoms with Crippen molar-refractivity contribution < 1.29 is 0 Å². The summed E-state index contributed by atoms with van der Waals surface area (Å²) < 4.78 is 0. The van der Waals surface area contributed by atoms with E-state index in [9.17, 15) is 0 Å². The van der Waals surface area contributed by atoms with Gasteiger partial charge < -0.3 is 5.32 Å². The Morgan fingerprint density at radius 2 is 1.88 bits per heavy atom. The van der Waals surface area contributed by atoms with Crippen molar-refractivity contribution in [3.8, 4) is 0 Å². The van der Waals surface area contributed by atoms with Crippen LogP contribution in [0.4, 0.5) is 5.82 Å². The minimum absolute atomic E-state index is 0.351. The highest BCUT2D eigenvalue weighted by Crippen LogP contribution is 2.22. The molecular formula is C11H8Cl3N3. The third-order valence-electron chi connectivity index (χ3n) is 2.06. The van der Waals surface area contributed by atoms with Crippen molar-refractivity contribution in [1.82, 2.24) is 9.97 Å². The molecule has 0 aliphatic rings. The molecule has 0 atom stereocenters. The predicted molar refractivity (Wildman–Crippen MR) is 70.8 cm³/mol. The highest BCUT2D eigenvalue weighted by Gasteiger charge is 2.00. The van der Waals surface area contributed by atoms with E-state index in [1.54, 1.807) is 18.3 Å². The van der Waals surface area contributed by atoms with Gasteiger partial charge in [0.25, 0.3) is 0 Å². The van der Waals surface area contributed by atoms with Crippen LogP contribution in [0.2, 0.25) is 15.2 Å². The lowest BCUT2D eigenvalue weighted by molar-refractivity contribution is 1.09. The number of hydrogen-bond donors (Lipinski definition) is 1. The highest BCUT2D eigenvalue weighted by molar-refractivity contribution is 6.42. The zero-order valence-corrected chi connectivity index (χ0v) is 10.9. The molecule has 0 saturated carbocycles. The standard InChI is InChI=1S/C11H8Cl3N3/c12-8-2-1-7(3-9(8)13)4-16-11-6-15-5-10(14)17-11/h1-3,5-6H,4H2,(H,16,17). The third-order valence-corrected chi connectivity index (χ3v) is 2.98. The molecule has 0 aliphatic heterocycles. The van der Waals surface area contributed by atoms with Crippen LogP contribution in [0.5, 0.6) is 0 Å². The van der Waals surface area contributed by atoms with E-state index in [0.717, 1.165) is 5.56 Å². The maximum Gasteiger partial charge on any atom is 0.149 e. The van der Waals surface area contributed by atoms with Crippen molar-refractivity contribution in [3.05, 3.63) is 51.4 Å². The normalized spacial score (nSPS) is 10.3. The fraction of sp³-hybridized carbons (Fsp3) is 0.0909. The molecule has 2 aromatic rings. The number of anilines is 1. The van der Waals surface area contributed by atoms with Gasteiger partial charge in [-0.05, 0) is 17.7 Å². The molecule has 1 N–H and O–H groups in total. The first-order valence-corrected chi connectivity index (χ1v) is 5.94. The maximum absolute atomic E-state index is 5.91. The first-order valence-electron chi connectivity index (χ1n) is 4.80. The Bertz CT molecular complexity index is 531. The molecule has 88 valence electrons. The molecule has 17 heavy (non-hydrogen) atoms. The lowest BCUT2D eigenvalue weighted by atomic mass is 10.2. The number of nitrogens with zero attached hydrogens (tertiary/aromatic N) is 2. The second-order valence-electron chi connectivity index (χ2n) is 3.33. The summed E-state index contributed by atoms with van der Waals surface area (Å²) in [4.78, 5) is 7.99. The van der Waals surface area contributed by atoms with E-state index in [2.05, 4.69) is 15.3 Å². The lowest BCUT2D eigenvalue weighted by Gasteiger charge is -2.06. The van der Waals surface area contributed by atoms with Crippen LogP contribution in [0.3, 0.4) is 0 Å². The van der Waals surface area contributed by atoms with Crippen LogP contribution < -0.4 is 5.32 Å². The highest BCUT2D eigenvalue weighted by atomic mass is 35.5. The molecule has 1 heterocycles. The number of hydrogen-bond acceptors (Lipinski definition) is 3. The molecule has 0 amide bonds. The first kappa shape index (κ1) is 12.4. The van der Waals surface area contributed by atoms with Gasteiger partial charge in [0.05, 0.1) is 22.4 Å². The van der Waals surface area contributed by atoms with Crippen LogP contribution in [0, 0.1) is 0 Å². The van der Waals surface area contributed by atoms with E-state index < -0.39 is 0 Å². The first-order chi connectivity index (χ1) is 8.15. The van der Waals surface area contributed by atoms with Crippen molar-refractivity contribution in [3.63, 3.8) is 0 Å². The van der Waals surface area contributed by atoms with Gasteiger partial charge in [-0.3, -0.25) is 4.98 Å². The molecule has 1 aromatic carbocycles. The summed E-state index contributed by atoms with van der Waals surface area (Å²) in [7, 11) is 0. The van der Waals surface area contributed by atoms with Crippen LogP contribution in [-0.4, -0.2) is 9.97 Å². The van der Waals surface area contributed by atoms with E-state index in [4.69, 9.17) is 34.8 Å². The topological polar surface area (TPSA) is 37.8 Å². The SMILES string of the molecule is Clc1cncc(NCc2ccc(Cl)c(Cl)c2)n1. The molecule has 0 saturated heterocycles. The summed E-state index contributed by atoms with van der Waals surface area (Å²) in [6.45, 7) is 0.575. The van der Waals surface area contributed by atoms with Crippen molar-refractivity contribution in [2.45, 2.75) is 6.54 Å². The largest absolute Gasteiger partial charge is 0.365 e. The van der Waals surface area contributed by atoms with Crippen molar-refractivity contribution in [1.29, 1.82) is 0 Å². The number of nitrogens with one attached hydrogen (secondary N) is 1. The molecule has 0 bridgehead atoms. The van der Waals surface area contributed by atoms with Crippen LogP contribution in [0.25, 0.3) is 0 Å². The van der Waals surface area contributed by atoms with Gasteiger partial charge in [0.1, 0.15) is 11.0 Å². The van der Waals surface area contributed by atoms with Gasteiger partial charge in [-0.1, -0.05) is 40.9 Å². The molecule has 0 spiro atoms. The van der Waals surface area contributed by atoms with Crippen LogP contribution in [-0.2, 0) is 6.54 Å². The van der Waals surface area contributed by atoms with Gasteiger partial charge in [-0.15, -0.1) is 0 Å². The number of halogens is 3. The zero-order valence-electron chi connectivity index (χ0n) is 8.62. The van der Waals surface area contributed by atoms with Crippen molar-refractivity contribution >= 4 is 40.6 Å². The second-order valence-corrected chi connectivity index (χ2v) is 4.53. The lowest BCUT2D eigenvalue weighted by Crippen LogP contribution is -2.01. The Labute approximate surface area is 114 Å². The Morgan fingerprint density at radius 3 is 2.59 bits per heavy atom. The van der Waals surface area contributed by atoms with Crippen molar-refractivity contribution in [2.24, 2.45) is 0 Å². The molecule has 0 unspecified atom stereocenters. The van der Waals surface area contributed by atoms with Crippen molar-refractivity contribution in [2.75, 3.05) is 5.32 Å². The summed E-state index contributed by atoms with van der Waals surface area (Å²) >= 11 is 17.5. The molecule has 3 nitrogen and oxygen atoms in total. The Morgan fingerprint density at radius 1 is 1.06 bits per heavy atom. The molecule has 0 aliphatic carbocycles.